The molecule has 1 atom stereocenters. The van der Waals surface area contributed by atoms with Crippen molar-refractivity contribution in [2.75, 3.05) is 31.7 Å². The average Bonchev–Trinajstić information content (AvgIpc) is 2.64. The van der Waals surface area contributed by atoms with Crippen LogP contribution in [0.15, 0.2) is 0 Å². The minimum absolute atomic E-state index is 0.0607. The Morgan fingerprint density at radius 2 is 2.35 bits per heavy atom. The lowest BCUT2D eigenvalue weighted by molar-refractivity contribution is -0.141. The van der Waals surface area contributed by atoms with Crippen molar-refractivity contribution in [1.82, 2.24) is 10.2 Å². The number of hydrogen-bond acceptors (Lipinski definition) is 6. The van der Waals surface area contributed by atoms with E-state index in [2.05, 4.69) is 10.1 Å². The monoisotopic (exact) mass is 261 g/mol. The summed E-state index contributed by atoms with van der Waals surface area (Å²) >= 11 is 1.40. The number of hydrogen-bond donors (Lipinski definition) is 2. The zero-order valence-corrected chi connectivity index (χ0v) is 10.3. The van der Waals surface area contributed by atoms with E-state index in [1.54, 1.807) is 0 Å². The molecule has 0 aliphatic carbocycles. The number of urea groups is 1. The molecule has 3 N–H and O–H groups in total. The Morgan fingerprint density at radius 1 is 1.65 bits per heavy atom. The predicted molar refractivity (Wildman–Crippen MR) is 62.4 cm³/mol. The Balaban J connectivity index is 2.18. The molecule has 1 aliphatic heterocycles. The van der Waals surface area contributed by atoms with Crippen molar-refractivity contribution in [2.45, 2.75) is 6.04 Å². The molecule has 7 nitrogen and oxygen atoms in total. The fourth-order valence-corrected chi connectivity index (χ4v) is 2.14. The SMILES string of the molecule is COC(=O)C(N)CSCCN1C(=O)CNC1=O. The minimum atomic E-state index is -0.673. The molecule has 1 heterocycles. The van der Waals surface area contributed by atoms with E-state index in [9.17, 15) is 14.4 Å². The highest BCUT2D eigenvalue weighted by Gasteiger charge is 2.27. The van der Waals surface area contributed by atoms with Crippen molar-refractivity contribution >= 4 is 29.7 Å². The number of carbonyl (C=O) groups is 3. The van der Waals surface area contributed by atoms with Gasteiger partial charge < -0.3 is 15.8 Å². The van der Waals surface area contributed by atoms with Crippen molar-refractivity contribution in [3.05, 3.63) is 0 Å². The van der Waals surface area contributed by atoms with Crippen LogP contribution in [0, 0.1) is 0 Å². The molecule has 3 amide bonds. The fraction of sp³-hybridized carbons (Fsp3) is 0.667. The third kappa shape index (κ3) is 3.90. The second kappa shape index (κ2) is 6.45. The molecule has 1 unspecified atom stereocenters. The fourth-order valence-electron chi connectivity index (χ4n) is 1.27. The highest BCUT2D eigenvalue weighted by Crippen LogP contribution is 2.06. The first-order valence-electron chi connectivity index (χ1n) is 5.05. The van der Waals surface area contributed by atoms with Gasteiger partial charge in [-0.2, -0.15) is 11.8 Å². The molecule has 96 valence electrons. The van der Waals surface area contributed by atoms with Crippen LogP contribution in [0.5, 0.6) is 0 Å². The summed E-state index contributed by atoms with van der Waals surface area (Å²) in [6.07, 6.45) is 0. The number of carbonyl (C=O) groups excluding carboxylic acids is 3. The molecular formula is C9H15N3O4S. The van der Waals surface area contributed by atoms with Gasteiger partial charge in [0, 0.05) is 18.1 Å². The Morgan fingerprint density at radius 3 is 2.88 bits per heavy atom. The number of amides is 3. The summed E-state index contributed by atoms with van der Waals surface area (Å²) in [7, 11) is 1.28. The van der Waals surface area contributed by atoms with Crippen LogP contribution in [0.4, 0.5) is 4.79 Å². The van der Waals surface area contributed by atoms with Gasteiger partial charge in [-0.15, -0.1) is 0 Å². The molecule has 8 heteroatoms. The smallest absolute Gasteiger partial charge is 0.324 e. The summed E-state index contributed by atoms with van der Waals surface area (Å²) in [5, 5.41) is 2.43. The molecule has 0 spiro atoms. The Kier molecular flexibility index (Phi) is 5.23. The van der Waals surface area contributed by atoms with E-state index in [4.69, 9.17) is 5.73 Å². The van der Waals surface area contributed by atoms with Crippen LogP contribution >= 0.6 is 11.8 Å². The quantitative estimate of drug-likeness (QED) is 0.353. The second-order valence-corrected chi connectivity index (χ2v) is 4.56. The maximum atomic E-state index is 11.2. The van der Waals surface area contributed by atoms with Gasteiger partial charge in [0.2, 0.25) is 5.91 Å². The van der Waals surface area contributed by atoms with E-state index in [1.807, 2.05) is 0 Å². The number of esters is 1. The first-order chi connectivity index (χ1) is 8.06. The number of nitrogens with one attached hydrogen (secondary N) is 1. The standard InChI is InChI=1S/C9H15N3O4S/c1-16-8(14)6(10)5-17-3-2-12-7(13)4-11-9(12)15/h6H,2-5,10H2,1H3,(H,11,15). The molecule has 0 aromatic heterocycles. The maximum Gasteiger partial charge on any atom is 0.324 e. The molecule has 17 heavy (non-hydrogen) atoms. The highest BCUT2D eigenvalue weighted by atomic mass is 32.2. The van der Waals surface area contributed by atoms with E-state index in [-0.39, 0.29) is 18.5 Å². The first kappa shape index (κ1) is 13.8. The summed E-state index contributed by atoms with van der Waals surface area (Å²) in [5.41, 5.74) is 5.52. The Labute approximate surface area is 103 Å². The first-order valence-corrected chi connectivity index (χ1v) is 6.21. The van der Waals surface area contributed by atoms with Crippen LogP contribution < -0.4 is 11.1 Å². The summed E-state index contributed by atoms with van der Waals surface area (Å²) in [6, 6.07) is -1.04. The van der Waals surface area contributed by atoms with E-state index in [1.165, 1.54) is 18.9 Å². The van der Waals surface area contributed by atoms with Crippen LogP contribution in [0.25, 0.3) is 0 Å². The van der Waals surface area contributed by atoms with Gasteiger partial charge >= 0.3 is 12.0 Å². The zero-order chi connectivity index (χ0) is 12.8. The van der Waals surface area contributed by atoms with Crippen molar-refractivity contribution in [2.24, 2.45) is 5.73 Å². The minimum Gasteiger partial charge on any atom is -0.468 e. The van der Waals surface area contributed by atoms with Crippen LogP contribution in [0.2, 0.25) is 0 Å². The predicted octanol–water partition coefficient (Wildman–Crippen LogP) is -1.23. The third-order valence-corrected chi connectivity index (χ3v) is 3.26. The number of rotatable bonds is 6. The van der Waals surface area contributed by atoms with Gasteiger partial charge in [-0.25, -0.2) is 4.79 Å². The number of nitrogens with two attached hydrogens (primary N) is 1. The number of ether oxygens (including phenoxy) is 1. The van der Waals surface area contributed by atoms with Gasteiger partial charge in [-0.1, -0.05) is 0 Å². The molecular weight excluding hydrogens is 246 g/mol. The van der Waals surface area contributed by atoms with Crippen molar-refractivity contribution < 1.29 is 19.1 Å². The van der Waals surface area contributed by atoms with Crippen molar-refractivity contribution in [3.8, 4) is 0 Å². The molecule has 0 bridgehead atoms. The van der Waals surface area contributed by atoms with E-state index in [0.717, 1.165) is 4.90 Å². The molecule has 0 aromatic carbocycles. The number of imide groups is 1. The lowest BCUT2D eigenvalue weighted by atomic mass is 10.4. The molecule has 0 saturated carbocycles. The largest absolute Gasteiger partial charge is 0.468 e. The molecule has 0 radical (unpaired) electrons. The summed E-state index contributed by atoms with van der Waals surface area (Å²) in [6.45, 7) is 0.383. The Bertz CT molecular complexity index is 307. The zero-order valence-electron chi connectivity index (χ0n) is 9.47. The van der Waals surface area contributed by atoms with Gasteiger partial charge in [0.15, 0.2) is 0 Å². The number of methoxy groups -OCH3 is 1. The summed E-state index contributed by atoms with van der Waals surface area (Å²) < 4.78 is 4.47. The van der Waals surface area contributed by atoms with Gasteiger partial charge in [0.05, 0.1) is 13.7 Å². The molecule has 1 rings (SSSR count). The number of thioether (sulfide) groups is 1. The highest BCUT2D eigenvalue weighted by molar-refractivity contribution is 7.99. The molecule has 1 fully saturated rings. The summed E-state index contributed by atoms with van der Waals surface area (Å²) in [5.74, 6) is 0.251. The lowest BCUT2D eigenvalue weighted by Crippen LogP contribution is -2.35. The van der Waals surface area contributed by atoms with Crippen LogP contribution in [0.1, 0.15) is 0 Å². The third-order valence-electron chi connectivity index (χ3n) is 2.20. The van der Waals surface area contributed by atoms with Crippen LogP contribution in [-0.2, 0) is 14.3 Å². The van der Waals surface area contributed by atoms with Gasteiger partial charge in [0.25, 0.3) is 0 Å². The van der Waals surface area contributed by atoms with E-state index in [0.29, 0.717) is 18.1 Å². The van der Waals surface area contributed by atoms with Crippen molar-refractivity contribution in [1.29, 1.82) is 0 Å². The van der Waals surface area contributed by atoms with Crippen molar-refractivity contribution in [3.63, 3.8) is 0 Å². The normalized spacial score (nSPS) is 16.9. The topological polar surface area (TPSA) is 102 Å². The second-order valence-electron chi connectivity index (χ2n) is 3.41. The van der Waals surface area contributed by atoms with E-state index < -0.39 is 12.0 Å². The van der Waals surface area contributed by atoms with Gasteiger partial charge in [-0.05, 0) is 0 Å². The van der Waals surface area contributed by atoms with Crippen LogP contribution in [0.3, 0.4) is 0 Å². The molecule has 1 saturated heterocycles. The molecule has 1 aliphatic rings. The molecule has 0 aromatic rings. The van der Waals surface area contributed by atoms with Crippen LogP contribution in [-0.4, -0.2) is 60.6 Å². The van der Waals surface area contributed by atoms with E-state index >= 15 is 0 Å². The van der Waals surface area contributed by atoms with Gasteiger partial charge in [0.1, 0.15) is 6.04 Å². The summed E-state index contributed by atoms with van der Waals surface area (Å²) in [4.78, 5) is 34.5. The average molecular weight is 261 g/mol. The maximum absolute atomic E-state index is 11.2. The Hall–Kier alpha value is -1.28. The number of nitrogens with zero attached hydrogens (tertiary/aromatic N) is 1. The lowest BCUT2D eigenvalue weighted by Gasteiger charge is -2.12. The van der Waals surface area contributed by atoms with Gasteiger partial charge in [-0.3, -0.25) is 14.5 Å².